The maximum Gasteiger partial charge on any atom is 0.239 e. The van der Waals surface area contributed by atoms with Gasteiger partial charge in [-0.1, -0.05) is 29.3 Å². The monoisotopic (exact) mass is 286 g/mol. The summed E-state index contributed by atoms with van der Waals surface area (Å²) in [6, 6.07) is 5.42. The van der Waals surface area contributed by atoms with Crippen LogP contribution < -0.4 is 5.32 Å². The van der Waals surface area contributed by atoms with Crippen LogP contribution in [0.25, 0.3) is 0 Å². The zero-order chi connectivity index (χ0) is 13.1. The third kappa shape index (κ3) is 3.16. The summed E-state index contributed by atoms with van der Waals surface area (Å²) in [7, 11) is 1.81. The van der Waals surface area contributed by atoms with Gasteiger partial charge in [0.1, 0.15) is 0 Å². The minimum Gasteiger partial charge on any atom is -0.340 e. The Kier molecular flexibility index (Phi) is 4.49. The van der Waals surface area contributed by atoms with E-state index in [0.29, 0.717) is 16.6 Å². The van der Waals surface area contributed by atoms with Crippen LogP contribution in [0.15, 0.2) is 18.2 Å². The van der Waals surface area contributed by atoms with E-state index >= 15 is 0 Å². The zero-order valence-corrected chi connectivity index (χ0v) is 11.8. The summed E-state index contributed by atoms with van der Waals surface area (Å²) < 4.78 is 0. The maximum absolute atomic E-state index is 12.1. The molecule has 1 N–H and O–H groups in total. The number of benzene rings is 1. The van der Waals surface area contributed by atoms with Crippen molar-refractivity contribution in [3.63, 3.8) is 0 Å². The largest absolute Gasteiger partial charge is 0.340 e. The first-order chi connectivity index (χ1) is 8.58. The van der Waals surface area contributed by atoms with Crippen molar-refractivity contribution in [2.75, 3.05) is 13.6 Å². The fraction of sp³-hybridized carbons (Fsp3) is 0.462. The second-order valence-corrected chi connectivity index (χ2v) is 5.41. The lowest BCUT2D eigenvalue weighted by molar-refractivity contribution is -0.132. The van der Waals surface area contributed by atoms with Gasteiger partial charge in [0.25, 0.3) is 0 Å². The van der Waals surface area contributed by atoms with Crippen LogP contribution in [-0.2, 0) is 11.3 Å². The molecule has 1 saturated heterocycles. The second kappa shape index (κ2) is 5.91. The van der Waals surface area contributed by atoms with E-state index in [4.69, 9.17) is 23.2 Å². The number of nitrogens with zero attached hydrogens (tertiary/aromatic N) is 1. The van der Waals surface area contributed by atoms with Crippen LogP contribution in [-0.4, -0.2) is 30.4 Å². The van der Waals surface area contributed by atoms with Gasteiger partial charge in [0.15, 0.2) is 0 Å². The van der Waals surface area contributed by atoms with E-state index in [0.717, 1.165) is 24.9 Å². The Morgan fingerprint density at radius 3 is 2.83 bits per heavy atom. The van der Waals surface area contributed by atoms with Gasteiger partial charge >= 0.3 is 0 Å². The highest BCUT2D eigenvalue weighted by molar-refractivity contribution is 6.42. The highest BCUT2D eigenvalue weighted by atomic mass is 35.5. The Hall–Kier alpha value is -0.770. The number of carbonyl (C=O) groups excluding carboxylic acids is 1. The molecule has 1 aliphatic rings. The third-order valence-corrected chi connectivity index (χ3v) is 3.88. The van der Waals surface area contributed by atoms with Gasteiger partial charge in [0.05, 0.1) is 16.1 Å². The molecule has 1 heterocycles. The lowest BCUT2D eigenvalue weighted by atomic mass is 10.1. The number of amides is 1. The van der Waals surface area contributed by atoms with E-state index < -0.39 is 0 Å². The van der Waals surface area contributed by atoms with Gasteiger partial charge < -0.3 is 10.2 Å². The number of carbonyl (C=O) groups is 1. The van der Waals surface area contributed by atoms with Crippen molar-refractivity contribution in [3.8, 4) is 0 Å². The van der Waals surface area contributed by atoms with Crippen LogP contribution in [0.3, 0.4) is 0 Å². The molecule has 5 heteroatoms. The van der Waals surface area contributed by atoms with Crippen LogP contribution in [0, 0.1) is 0 Å². The first kappa shape index (κ1) is 13.7. The summed E-state index contributed by atoms with van der Waals surface area (Å²) in [5, 5.41) is 4.26. The first-order valence-electron chi connectivity index (χ1n) is 6.00. The Balaban J connectivity index is 1.99. The van der Waals surface area contributed by atoms with Gasteiger partial charge in [-0.25, -0.2) is 0 Å². The fourth-order valence-corrected chi connectivity index (χ4v) is 2.47. The number of halogens is 2. The Bertz CT molecular complexity index is 445. The first-order valence-corrected chi connectivity index (χ1v) is 6.76. The van der Waals surface area contributed by atoms with E-state index in [-0.39, 0.29) is 11.9 Å². The van der Waals surface area contributed by atoms with Gasteiger partial charge in [0, 0.05) is 13.6 Å². The minimum absolute atomic E-state index is 0.0298. The molecule has 0 aromatic heterocycles. The Morgan fingerprint density at radius 1 is 1.44 bits per heavy atom. The van der Waals surface area contributed by atoms with Crippen molar-refractivity contribution in [3.05, 3.63) is 33.8 Å². The molecule has 0 saturated carbocycles. The van der Waals surface area contributed by atoms with Crippen molar-refractivity contribution in [1.29, 1.82) is 0 Å². The van der Waals surface area contributed by atoms with Gasteiger partial charge in [-0.05, 0) is 37.1 Å². The van der Waals surface area contributed by atoms with Crippen molar-refractivity contribution in [2.24, 2.45) is 0 Å². The molecule has 0 spiro atoms. The van der Waals surface area contributed by atoms with Gasteiger partial charge in [-0.3, -0.25) is 4.79 Å². The molecule has 1 aliphatic heterocycles. The van der Waals surface area contributed by atoms with E-state index in [9.17, 15) is 4.79 Å². The fourth-order valence-electron chi connectivity index (χ4n) is 2.15. The average Bonchev–Trinajstić information content (AvgIpc) is 2.86. The second-order valence-electron chi connectivity index (χ2n) is 4.59. The molecule has 1 aromatic carbocycles. The normalized spacial score (nSPS) is 18.9. The van der Waals surface area contributed by atoms with Crippen molar-refractivity contribution >= 4 is 29.1 Å². The average molecular weight is 287 g/mol. The maximum atomic E-state index is 12.1. The number of hydrogen-bond acceptors (Lipinski definition) is 2. The standard InChI is InChI=1S/C13H16Cl2N2O/c1-17(13(18)12-3-2-6-16-12)8-9-4-5-10(14)11(15)7-9/h4-5,7,12,16H,2-3,6,8H2,1H3/t12-/m1/s1. The summed E-state index contributed by atoms with van der Waals surface area (Å²) in [4.78, 5) is 13.8. The molecule has 1 aromatic rings. The molecule has 0 unspecified atom stereocenters. The summed E-state index contributed by atoms with van der Waals surface area (Å²) >= 11 is 11.8. The third-order valence-electron chi connectivity index (χ3n) is 3.14. The van der Waals surface area contributed by atoms with Crippen molar-refractivity contribution < 1.29 is 4.79 Å². The molecule has 0 aliphatic carbocycles. The van der Waals surface area contributed by atoms with Crippen LogP contribution in [0.1, 0.15) is 18.4 Å². The number of hydrogen-bond donors (Lipinski definition) is 1. The van der Waals surface area contributed by atoms with Crippen molar-refractivity contribution in [2.45, 2.75) is 25.4 Å². The van der Waals surface area contributed by atoms with E-state index in [1.54, 1.807) is 17.0 Å². The lowest BCUT2D eigenvalue weighted by Crippen LogP contribution is -2.41. The Morgan fingerprint density at radius 2 is 2.22 bits per heavy atom. The van der Waals surface area contributed by atoms with Gasteiger partial charge in [-0.2, -0.15) is 0 Å². The highest BCUT2D eigenvalue weighted by Gasteiger charge is 2.24. The molecular weight excluding hydrogens is 271 g/mol. The lowest BCUT2D eigenvalue weighted by Gasteiger charge is -2.21. The van der Waals surface area contributed by atoms with E-state index in [1.807, 2.05) is 13.1 Å². The van der Waals surface area contributed by atoms with Gasteiger partial charge in [-0.15, -0.1) is 0 Å². The van der Waals surface area contributed by atoms with Crippen molar-refractivity contribution in [1.82, 2.24) is 10.2 Å². The van der Waals surface area contributed by atoms with E-state index in [1.165, 1.54) is 0 Å². The molecule has 1 fully saturated rings. The number of likely N-dealkylation sites (N-methyl/N-ethyl adjacent to an activating group) is 1. The van der Waals surface area contributed by atoms with Crippen LogP contribution in [0.2, 0.25) is 10.0 Å². The van der Waals surface area contributed by atoms with Gasteiger partial charge in [0.2, 0.25) is 5.91 Å². The molecule has 3 nitrogen and oxygen atoms in total. The summed E-state index contributed by atoms with van der Waals surface area (Å²) in [5.41, 5.74) is 0.984. The molecule has 2 rings (SSSR count). The molecule has 1 atom stereocenters. The minimum atomic E-state index is -0.0298. The molecule has 98 valence electrons. The number of nitrogens with one attached hydrogen (secondary N) is 1. The predicted octanol–water partition coefficient (Wildman–Crippen LogP) is 2.70. The smallest absolute Gasteiger partial charge is 0.239 e. The SMILES string of the molecule is CN(Cc1ccc(Cl)c(Cl)c1)C(=O)[C@H]1CCCN1. The van der Waals surface area contributed by atoms with Crippen LogP contribution in [0.4, 0.5) is 0 Å². The van der Waals surface area contributed by atoms with E-state index in [2.05, 4.69) is 5.32 Å². The highest BCUT2D eigenvalue weighted by Crippen LogP contribution is 2.23. The molecule has 1 amide bonds. The predicted molar refractivity (Wildman–Crippen MR) is 74.0 cm³/mol. The summed E-state index contributed by atoms with van der Waals surface area (Å²) in [5.74, 6) is 0.138. The molecule has 18 heavy (non-hydrogen) atoms. The summed E-state index contributed by atoms with van der Waals surface area (Å²) in [6.07, 6.45) is 1.99. The quantitative estimate of drug-likeness (QED) is 0.927. The molecule has 0 bridgehead atoms. The van der Waals surface area contributed by atoms with Crippen LogP contribution >= 0.6 is 23.2 Å². The molecular formula is C13H16Cl2N2O. The summed E-state index contributed by atoms with van der Waals surface area (Å²) in [6.45, 7) is 1.48. The topological polar surface area (TPSA) is 32.3 Å². The zero-order valence-electron chi connectivity index (χ0n) is 10.2. The Labute approximate surface area is 117 Å². The van der Waals surface area contributed by atoms with Crippen LogP contribution in [0.5, 0.6) is 0 Å². The molecule has 0 radical (unpaired) electrons. The number of rotatable bonds is 3.